The van der Waals surface area contributed by atoms with E-state index in [4.69, 9.17) is 5.84 Å². The lowest BCUT2D eigenvalue weighted by Gasteiger charge is -2.04. The summed E-state index contributed by atoms with van der Waals surface area (Å²) in [5, 5.41) is 39.8. The van der Waals surface area contributed by atoms with Gasteiger partial charge in [0.1, 0.15) is 17.2 Å². The molecule has 0 saturated carbocycles. The van der Waals surface area contributed by atoms with E-state index in [0.717, 1.165) is 12.1 Å². The fourth-order valence-electron chi connectivity index (χ4n) is 2.38. The molecule has 5 N–H and O–H groups in total. The van der Waals surface area contributed by atoms with Gasteiger partial charge in [-0.15, -0.1) is 0 Å². The first-order valence-electron chi connectivity index (χ1n) is 8.26. The maximum absolute atomic E-state index is 12.0. The van der Waals surface area contributed by atoms with Crippen molar-refractivity contribution in [3.05, 3.63) is 98.1 Å². The minimum Gasteiger partial charge on any atom is -0.507 e. The van der Waals surface area contributed by atoms with Crippen LogP contribution in [0, 0.1) is 20.2 Å². The summed E-state index contributed by atoms with van der Waals surface area (Å²) in [6.45, 7) is 0. The highest BCUT2D eigenvalue weighted by atomic mass is 16.6. The highest BCUT2D eigenvalue weighted by Gasteiger charge is 2.18. The number of ketones is 1. The maximum Gasteiger partial charge on any atom is 0.300 e. The first kappa shape index (κ1) is 21.8. The van der Waals surface area contributed by atoms with Gasteiger partial charge < -0.3 is 15.6 Å². The van der Waals surface area contributed by atoms with Gasteiger partial charge in [-0.1, -0.05) is 24.3 Å². The van der Waals surface area contributed by atoms with Gasteiger partial charge in [0.25, 0.3) is 5.69 Å². The molecule has 154 valence electrons. The highest BCUT2D eigenvalue weighted by Crippen LogP contribution is 2.28. The van der Waals surface area contributed by atoms with Crippen molar-refractivity contribution in [3.8, 4) is 11.5 Å². The molecule has 3 aromatic carbocycles. The first-order valence-corrected chi connectivity index (χ1v) is 8.26. The molecule has 0 aliphatic carbocycles. The normalized spacial score (nSPS) is 9.77. The summed E-state index contributed by atoms with van der Waals surface area (Å²) < 4.78 is 0. The van der Waals surface area contributed by atoms with E-state index in [1.165, 1.54) is 30.3 Å². The number of aromatic hydroxyl groups is 2. The number of nitro groups is 2. The average molecular weight is 412 g/mol. The molecule has 0 spiro atoms. The van der Waals surface area contributed by atoms with Crippen LogP contribution in [-0.2, 0) is 0 Å². The second kappa shape index (κ2) is 9.61. The van der Waals surface area contributed by atoms with Gasteiger partial charge >= 0.3 is 5.69 Å². The number of rotatable bonds is 5. The van der Waals surface area contributed by atoms with Crippen LogP contribution in [0.3, 0.4) is 0 Å². The highest BCUT2D eigenvalue weighted by molar-refractivity contribution is 6.12. The second-order valence-electron chi connectivity index (χ2n) is 5.72. The number of nitrogens with zero attached hydrogens (tertiary/aromatic N) is 2. The summed E-state index contributed by atoms with van der Waals surface area (Å²) in [4.78, 5) is 31.3. The molecule has 0 amide bonds. The molecule has 0 radical (unpaired) electrons. The van der Waals surface area contributed by atoms with Crippen LogP contribution in [0.1, 0.15) is 15.9 Å². The van der Waals surface area contributed by atoms with Crippen LogP contribution in [0.4, 0.5) is 17.1 Å². The fourth-order valence-corrected chi connectivity index (χ4v) is 2.38. The van der Waals surface area contributed by atoms with Crippen LogP contribution in [0.2, 0.25) is 0 Å². The SMILES string of the molecule is NNc1ccc([N+](=O)[O-])cc1[N+](=O)[O-].O=C(c1ccccc1O)c1ccccc1O. The predicted molar refractivity (Wildman–Crippen MR) is 107 cm³/mol. The van der Waals surface area contributed by atoms with Crippen LogP contribution in [0.5, 0.6) is 11.5 Å². The first-order chi connectivity index (χ1) is 14.3. The van der Waals surface area contributed by atoms with Gasteiger partial charge in [-0.3, -0.25) is 30.9 Å². The molecular weight excluding hydrogens is 396 g/mol. The zero-order valence-electron chi connectivity index (χ0n) is 15.3. The Morgan fingerprint density at radius 1 is 0.833 bits per heavy atom. The Bertz CT molecular complexity index is 1050. The molecule has 0 bridgehead atoms. The largest absolute Gasteiger partial charge is 0.507 e. The monoisotopic (exact) mass is 412 g/mol. The van der Waals surface area contributed by atoms with E-state index >= 15 is 0 Å². The molecule has 11 nitrogen and oxygen atoms in total. The standard InChI is InChI=1S/C13H10O3.C6H6N4O4/c14-11-7-3-1-5-9(11)13(16)10-6-2-4-8-12(10)15;7-8-5-2-1-4(9(11)12)3-6(5)10(13)14/h1-8,14-15H;1-3,8H,7H2. The molecule has 0 atom stereocenters. The molecule has 3 rings (SSSR count). The van der Waals surface area contributed by atoms with Crippen molar-refractivity contribution in [1.29, 1.82) is 0 Å². The van der Waals surface area contributed by atoms with Crippen molar-refractivity contribution in [1.82, 2.24) is 0 Å². The van der Waals surface area contributed by atoms with Gasteiger partial charge in [-0.05, 0) is 30.3 Å². The van der Waals surface area contributed by atoms with Gasteiger partial charge in [0.05, 0.1) is 27.0 Å². The Morgan fingerprint density at radius 2 is 1.33 bits per heavy atom. The second-order valence-corrected chi connectivity index (χ2v) is 5.72. The molecule has 11 heteroatoms. The van der Waals surface area contributed by atoms with E-state index in [1.54, 1.807) is 24.3 Å². The molecule has 30 heavy (non-hydrogen) atoms. The molecule has 0 heterocycles. The van der Waals surface area contributed by atoms with Crippen LogP contribution in [-0.4, -0.2) is 25.8 Å². The minimum atomic E-state index is -0.748. The zero-order chi connectivity index (χ0) is 22.3. The molecule has 0 saturated heterocycles. The van der Waals surface area contributed by atoms with E-state index in [-0.39, 0.29) is 34.0 Å². The summed E-state index contributed by atoms with van der Waals surface area (Å²) in [5.41, 5.74) is 1.70. The number of anilines is 1. The number of nitrogens with two attached hydrogens (primary N) is 1. The van der Waals surface area contributed by atoms with Crippen molar-refractivity contribution in [3.63, 3.8) is 0 Å². The average Bonchev–Trinajstić information content (AvgIpc) is 2.74. The minimum absolute atomic E-state index is 0.0283. The van der Waals surface area contributed by atoms with E-state index in [1.807, 2.05) is 0 Å². The number of nitrogens with one attached hydrogen (secondary N) is 1. The third-order valence-electron chi connectivity index (χ3n) is 3.84. The topological polar surface area (TPSA) is 182 Å². The Kier molecular flexibility index (Phi) is 6.98. The van der Waals surface area contributed by atoms with E-state index < -0.39 is 21.3 Å². The van der Waals surface area contributed by atoms with E-state index in [0.29, 0.717) is 0 Å². The quantitative estimate of drug-likeness (QED) is 0.212. The number of hydrogen-bond donors (Lipinski definition) is 4. The van der Waals surface area contributed by atoms with Crippen LogP contribution in [0.15, 0.2) is 66.7 Å². The van der Waals surface area contributed by atoms with Crippen LogP contribution in [0.25, 0.3) is 0 Å². The third kappa shape index (κ3) is 5.05. The number of nitro benzene ring substituents is 2. The summed E-state index contributed by atoms with van der Waals surface area (Å²) in [6, 6.07) is 15.6. The molecule has 0 fully saturated rings. The zero-order valence-corrected chi connectivity index (χ0v) is 15.3. The summed E-state index contributed by atoms with van der Waals surface area (Å²) in [6.07, 6.45) is 0. The maximum atomic E-state index is 12.0. The number of hydrazine groups is 1. The fraction of sp³-hybridized carbons (Fsp3) is 0. The molecule has 0 aliphatic rings. The number of phenols is 2. The molecule has 3 aromatic rings. The Morgan fingerprint density at radius 3 is 1.73 bits per heavy atom. The van der Waals surface area contributed by atoms with Crippen molar-refractivity contribution in [2.45, 2.75) is 0 Å². The molecule has 0 aliphatic heterocycles. The van der Waals surface area contributed by atoms with E-state index in [9.17, 15) is 35.2 Å². The van der Waals surface area contributed by atoms with Crippen LogP contribution >= 0.6 is 0 Å². The lowest BCUT2D eigenvalue weighted by molar-refractivity contribution is -0.393. The molecular formula is C19H16N4O7. The lowest BCUT2D eigenvalue weighted by atomic mass is 10.0. The van der Waals surface area contributed by atoms with Gasteiger partial charge in [-0.25, -0.2) is 0 Å². The van der Waals surface area contributed by atoms with Gasteiger partial charge in [0.15, 0.2) is 5.78 Å². The smallest absolute Gasteiger partial charge is 0.300 e. The number of carbonyl (C=O) groups is 1. The summed E-state index contributed by atoms with van der Waals surface area (Å²) in [5.74, 6) is 4.42. The molecule has 0 unspecified atom stereocenters. The number of hydrogen-bond acceptors (Lipinski definition) is 9. The van der Waals surface area contributed by atoms with Gasteiger partial charge in [0, 0.05) is 6.07 Å². The number of carbonyl (C=O) groups excluding carboxylic acids is 1. The lowest BCUT2D eigenvalue weighted by Crippen LogP contribution is -2.09. The molecule has 0 aromatic heterocycles. The number of phenolic OH excluding ortho intramolecular Hbond substituents is 2. The van der Waals surface area contributed by atoms with Crippen LogP contribution < -0.4 is 11.3 Å². The van der Waals surface area contributed by atoms with Crippen molar-refractivity contribution in [2.75, 3.05) is 5.43 Å². The summed E-state index contributed by atoms with van der Waals surface area (Å²) in [7, 11) is 0. The number of nitrogen functional groups attached to an aromatic ring is 1. The van der Waals surface area contributed by atoms with Crippen molar-refractivity contribution >= 4 is 22.8 Å². The Labute approximate surface area is 169 Å². The van der Waals surface area contributed by atoms with Gasteiger partial charge in [-0.2, -0.15) is 0 Å². The summed E-state index contributed by atoms with van der Waals surface area (Å²) >= 11 is 0. The van der Waals surface area contributed by atoms with Crippen molar-refractivity contribution < 1.29 is 24.9 Å². The Balaban J connectivity index is 0.000000216. The Hall–Kier alpha value is -4.51. The predicted octanol–water partition coefficient (Wildman–Crippen LogP) is 3.12. The third-order valence-corrected chi connectivity index (χ3v) is 3.84. The van der Waals surface area contributed by atoms with E-state index in [2.05, 4.69) is 5.43 Å². The van der Waals surface area contributed by atoms with Gasteiger partial charge in [0.2, 0.25) is 0 Å². The number of non-ortho nitro benzene ring substituents is 1. The van der Waals surface area contributed by atoms with Crippen molar-refractivity contribution in [2.24, 2.45) is 5.84 Å². The number of para-hydroxylation sites is 2. The number of benzene rings is 3.